The van der Waals surface area contributed by atoms with Crippen molar-refractivity contribution in [2.45, 2.75) is 13.3 Å². The van der Waals surface area contributed by atoms with Crippen LogP contribution in [-0.4, -0.2) is 19.2 Å². The summed E-state index contributed by atoms with van der Waals surface area (Å²) in [6.07, 6.45) is 1.72. The number of hydrogen-bond donors (Lipinski definition) is 0. The van der Waals surface area contributed by atoms with Crippen LogP contribution in [0.2, 0.25) is 0 Å². The second-order valence-corrected chi connectivity index (χ2v) is 10.4. The molecule has 0 radical (unpaired) electrons. The van der Waals surface area contributed by atoms with Gasteiger partial charge in [0.05, 0.1) is 19.2 Å². The molecule has 0 aliphatic heterocycles. The molecular formula is C24H26BrO2P. The highest BCUT2D eigenvalue weighted by Gasteiger charge is 2.45. The lowest BCUT2D eigenvalue weighted by atomic mass is 10.1. The van der Waals surface area contributed by atoms with Gasteiger partial charge in [0, 0.05) is 0 Å². The third-order valence-electron chi connectivity index (χ3n) is 5.09. The first-order chi connectivity index (χ1) is 13.2. The smallest absolute Gasteiger partial charge is 0.308 e. The molecule has 0 aliphatic rings. The Morgan fingerprint density at radius 1 is 0.786 bits per heavy atom. The predicted octanol–water partition coefficient (Wildman–Crippen LogP) is 1.18. The summed E-state index contributed by atoms with van der Waals surface area (Å²) >= 11 is 0. The highest BCUT2D eigenvalue weighted by atomic mass is 79.9. The molecule has 0 aromatic heterocycles. The second-order valence-electron chi connectivity index (χ2n) is 6.75. The van der Waals surface area contributed by atoms with Crippen LogP contribution in [0.1, 0.15) is 13.3 Å². The fourth-order valence-corrected chi connectivity index (χ4v) is 8.08. The Morgan fingerprint density at radius 3 is 1.46 bits per heavy atom. The van der Waals surface area contributed by atoms with Crippen LogP contribution in [0.5, 0.6) is 0 Å². The average molecular weight is 457 g/mol. The molecule has 28 heavy (non-hydrogen) atoms. The molecule has 3 aromatic rings. The van der Waals surface area contributed by atoms with Gasteiger partial charge in [0.2, 0.25) is 0 Å². The minimum absolute atomic E-state index is 0. The van der Waals surface area contributed by atoms with Crippen molar-refractivity contribution in [2.24, 2.45) is 5.92 Å². The molecule has 0 amide bonds. The summed E-state index contributed by atoms with van der Waals surface area (Å²) in [6, 6.07) is 32.2. The van der Waals surface area contributed by atoms with Gasteiger partial charge in [0.25, 0.3) is 0 Å². The zero-order valence-electron chi connectivity index (χ0n) is 16.3. The van der Waals surface area contributed by atoms with E-state index in [0.717, 1.165) is 12.6 Å². The zero-order valence-corrected chi connectivity index (χ0v) is 18.8. The Kier molecular flexibility index (Phi) is 8.41. The molecule has 0 N–H and O–H groups in total. The molecule has 0 bridgehead atoms. The maximum Gasteiger partial charge on any atom is 0.308 e. The van der Waals surface area contributed by atoms with Gasteiger partial charge in [0.15, 0.2) is 0 Å². The summed E-state index contributed by atoms with van der Waals surface area (Å²) < 4.78 is 4.97. The number of carbonyl (C=O) groups excluding carboxylic acids is 1. The fourth-order valence-electron chi connectivity index (χ4n) is 3.59. The Balaban J connectivity index is 0.00000280. The maximum atomic E-state index is 12.0. The number of halogens is 1. The van der Waals surface area contributed by atoms with Crippen molar-refractivity contribution in [3.63, 3.8) is 0 Å². The van der Waals surface area contributed by atoms with Gasteiger partial charge in [-0.3, -0.25) is 4.79 Å². The zero-order chi connectivity index (χ0) is 19.1. The Labute approximate surface area is 179 Å². The van der Waals surface area contributed by atoms with Gasteiger partial charge in [-0.25, -0.2) is 0 Å². The highest BCUT2D eigenvalue weighted by Crippen LogP contribution is 2.56. The van der Waals surface area contributed by atoms with Crippen molar-refractivity contribution in [3.8, 4) is 0 Å². The Morgan fingerprint density at radius 2 is 1.14 bits per heavy atom. The number of methoxy groups -OCH3 is 1. The second kappa shape index (κ2) is 10.5. The molecule has 0 heterocycles. The van der Waals surface area contributed by atoms with E-state index in [1.54, 1.807) is 0 Å². The maximum absolute atomic E-state index is 12.0. The number of esters is 1. The number of benzene rings is 3. The van der Waals surface area contributed by atoms with Crippen LogP contribution in [0.3, 0.4) is 0 Å². The molecule has 0 spiro atoms. The molecule has 1 atom stereocenters. The van der Waals surface area contributed by atoms with Gasteiger partial charge < -0.3 is 21.7 Å². The molecule has 1 unspecified atom stereocenters. The summed E-state index contributed by atoms with van der Waals surface area (Å²) in [7, 11) is -0.400. The SMILES string of the molecule is COC(=O)C(C)CC[P+](c1ccccc1)(c1ccccc1)c1ccccc1.[Br-]. The van der Waals surface area contributed by atoms with Crippen LogP contribution in [0.4, 0.5) is 0 Å². The topological polar surface area (TPSA) is 26.3 Å². The van der Waals surface area contributed by atoms with Crippen molar-refractivity contribution >= 4 is 29.1 Å². The van der Waals surface area contributed by atoms with E-state index in [1.165, 1.54) is 23.0 Å². The van der Waals surface area contributed by atoms with E-state index in [4.69, 9.17) is 4.74 Å². The van der Waals surface area contributed by atoms with E-state index >= 15 is 0 Å². The van der Waals surface area contributed by atoms with E-state index in [2.05, 4.69) is 91.0 Å². The lowest BCUT2D eigenvalue weighted by Crippen LogP contribution is -3.00. The Hall–Kier alpha value is -1.96. The van der Waals surface area contributed by atoms with Gasteiger partial charge >= 0.3 is 5.97 Å². The lowest BCUT2D eigenvalue weighted by molar-refractivity contribution is -0.144. The van der Waals surface area contributed by atoms with E-state index in [1.807, 2.05) is 6.92 Å². The first-order valence-corrected chi connectivity index (χ1v) is 11.3. The van der Waals surface area contributed by atoms with Gasteiger partial charge in [-0.1, -0.05) is 61.5 Å². The first-order valence-electron chi connectivity index (χ1n) is 9.31. The molecule has 3 rings (SSSR count). The van der Waals surface area contributed by atoms with Crippen molar-refractivity contribution in [2.75, 3.05) is 13.3 Å². The number of carbonyl (C=O) groups is 1. The van der Waals surface area contributed by atoms with Gasteiger partial charge in [-0.2, -0.15) is 0 Å². The van der Waals surface area contributed by atoms with Crippen molar-refractivity contribution < 1.29 is 26.5 Å². The predicted molar refractivity (Wildman–Crippen MR) is 116 cm³/mol. The quantitative estimate of drug-likeness (QED) is 0.394. The number of hydrogen-bond acceptors (Lipinski definition) is 2. The van der Waals surface area contributed by atoms with Crippen LogP contribution in [0, 0.1) is 5.92 Å². The van der Waals surface area contributed by atoms with Crippen molar-refractivity contribution in [3.05, 3.63) is 91.0 Å². The Bertz CT molecular complexity index is 757. The molecule has 3 aromatic carbocycles. The minimum Gasteiger partial charge on any atom is -1.00 e. The van der Waals surface area contributed by atoms with Crippen LogP contribution in [0.15, 0.2) is 91.0 Å². The fraction of sp³-hybridized carbons (Fsp3) is 0.208. The van der Waals surface area contributed by atoms with Crippen LogP contribution < -0.4 is 32.9 Å². The highest BCUT2D eigenvalue weighted by molar-refractivity contribution is 7.95. The largest absolute Gasteiger partial charge is 1.00 e. The number of rotatable bonds is 7. The molecular weight excluding hydrogens is 431 g/mol. The van der Waals surface area contributed by atoms with E-state index in [0.29, 0.717) is 0 Å². The minimum atomic E-state index is -1.87. The average Bonchev–Trinajstić information content (AvgIpc) is 2.75. The summed E-state index contributed by atoms with van der Waals surface area (Å²) in [5, 5.41) is 4.04. The molecule has 0 saturated carbocycles. The van der Waals surface area contributed by atoms with Gasteiger partial charge in [0.1, 0.15) is 23.2 Å². The van der Waals surface area contributed by atoms with Crippen LogP contribution >= 0.6 is 7.26 Å². The third kappa shape index (κ3) is 4.71. The van der Waals surface area contributed by atoms with Gasteiger partial charge in [-0.15, -0.1) is 0 Å². The molecule has 0 fully saturated rings. The van der Waals surface area contributed by atoms with E-state index in [-0.39, 0.29) is 28.9 Å². The summed E-state index contributed by atoms with van der Waals surface area (Å²) in [5.74, 6) is -0.257. The monoisotopic (exact) mass is 456 g/mol. The van der Waals surface area contributed by atoms with Crippen molar-refractivity contribution in [1.82, 2.24) is 0 Å². The van der Waals surface area contributed by atoms with Crippen molar-refractivity contribution in [1.29, 1.82) is 0 Å². The number of ether oxygens (including phenoxy) is 1. The summed E-state index contributed by atoms with van der Waals surface area (Å²) in [6.45, 7) is 1.96. The molecule has 2 nitrogen and oxygen atoms in total. The summed E-state index contributed by atoms with van der Waals surface area (Å²) in [5.41, 5.74) is 0. The summed E-state index contributed by atoms with van der Waals surface area (Å²) in [4.78, 5) is 12.0. The lowest BCUT2D eigenvalue weighted by Gasteiger charge is -2.28. The van der Waals surface area contributed by atoms with E-state index < -0.39 is 7.26 Å². The van der Waals surface area contributed by atoms with Gasteiger partial charge in [-0.05, 0) is 42.8 Å². The molecule has 146 valence electrons. The molecule has 0 aliphatic carbocycles. The van der Waals surface area contributed by atoms with Crippen LogP contribution in [-0.2, 0) is 9.53 Å². The van der Waals surface area contributed by atoms with E-state index in [9.17, 15) is 4.79 Å². The molecule has 0 saturated heterocycles. The normalized spacial score (nSPS) is 11.9. The van der Waals surface area contributed by atoms with Crippen LogP contribution in [0.25, 0.3) is 0 Å². The third-order valence-corrected chi connectivity index (χ3v) is 9.56. The first kappa shape index (κ1) is 22.3. The standard InChI is InChI=1S/C24H26O2P.BrH/c1-20(24(25)26-2)18-19-27(21-12-6-3-7-13-21,22-14-8-4-9-15-22)23-16-10-5-11-17-23;/h3-17,20H,18-19H2,1-2H3;1H/q+1;/p-1. The molecule has 4 heteroatoms.